The third kappa shape index (κ3) is 1.50. The second-order valence-corrected chi connectivity index (χ2v) is 3.72. The number of phenolic OH excluding ortho intramolecular Hbond substituents is 1. The number of hydrogen-bond acceptors (Lipinski definition) is 4. The molecule has 4 N–H and O–H groups in total. The van der Waals surface area contributed by atoms with Gasteiger partial charge < -0.3 is 20.4 Å². The predicted molar refractivity (Wildman–Crippen MR) is 49.9 cm³/mol. The summed E-state index contributed by atoms with van der Waals surface area (Å²) in [5.41, 5.74) is -1.28. The van der Waals surface area contributed by atoms with Gasteiger partial charge in [0.15, 0.2) is 0 Å². The van der Waals surface area contributed by atoms with Crippen LogP contribution < -0.4 is 0 Å². The summed E-state index contributed by atoms with van der Waals surface area (Å²) in [5.74, 6) is -2.08. The fourth-order valence-corrected chi connectivity index (χ4v) is 1.51. The molecule has 5 nitrogen and oxygen atoms in total. The second-order valence-electron chi connectivity index (χ2n) is 3.72. The van der Waals surface area contributed by atoms with Gasteiger partial charge in [0.25, 0.3) is 0 Å². The van der Waals surface area contributed by atoms with Crippen LogP contribution in [0.25, 0.3) is 0 Å². The number of aromatic hydroxyl groups is 2. The van der Waals surface area contributed by atoms with Gasteiger partial charge in [-0.2, -0.15) is 0 Å². The minimum Gasteiger partial charge on any atom is -0.507 e. The van der Waals surface area contributed by atoms with E-state index in [4.69, 9.17) is 5.11 Å². The van der Waals surface area contributed by atoms with Crippen molar-refractivity contribution < 1.29 is 25.2 Å². The number of aromatic carboxylic acids is 1. The van der Waals surface area contributed by atoms with Crippen molar-refractivity contribution in [2.45, 2.75) is 18.4 Å². The molecule has 1 aliphatic carbocycles. The lowest BCUT2D eigenvalue weighted by Crippen LogP contribution is -2.07. The van der Waals surface area contributed by atoms with Crippen LogP contribution >= 0.6 is 0 Å². The highest BCUT2D eigenvalue weighted by molar-refractivity contribution is 5.91. The third-order valence-corrected chi connectivity index (χ3v) is 2.57. The zero-order chi connectivity index (χ0) is 11.2. The molecule has 1 aromatic carbocycles. The van der Waals surface area contributed by atoms with E-state index in [-0.39, 0.29) is 16.9 Å². The predicted octanol–water partition coefficient (Wildman–Crippen LogP) is 0.777. The number of aliphatic hydroxyl groups is 1. The number of rotatable bonds is 2. The Hall–Kier alpha value is -1.75. The summed E-state index contributed by atoms with van der Waals surface area (Å²) in [7, 11) is 0. The normalized spacial score (nSPS) is 17.4. The quantitative estimate of drug-likeness (QED) is 0.578. The van der Waals surface area contributed by atoms with Crippen LogP contribution in [0.15, 0.2) is 12.1 Å². The van der Waals surface area contributed by atoms with E-state index in [0.29, 0.717) is 12.8 Å². The van der Waals surface area contributed by atoms with Crippen molar-refractivity contribution in [2.24, 2.45) is 0 Å². The zero-order valence-corrected chi connectivity index (χ0v) is 7.77. The molecule has 15 heavy (non-hydrogen) atoms. The molecule has 0 radical (unpaired) electrons. The highest BCUT2D eigenvalue weighted by Gasteiger charge is 2.44. The second kappa shape index (κ2) is 2.87. The van der Waals surface area contributed by atoms with Gasteiger partial charge in [-0.05, 0) is 18.9 Å². The first-order valence-electron chi connectivity index (χ1n) is 4.46. The molecule has 0 aliphatic heterocycles. The number of hydrogen-bond donors (Lipinski definition) is 4. The molecule has 0 saturated heterocycles. The molecule has 1 aromatic rings. The van der Waals surface area contributed by atoms with Crippen molar-refractivity contribution in [3.8, 4) is 11.5 Å². The molecule has 0 atom stereocenters. The Morgan fingerprint density at radius 3 is 2.27 bits per heavy atom. The van der Waals surface area contributed by atoms with Crippen molar-refractivity contribution in [1.82, 2.24) is 0 Å². The van der Waals surface area contributed by atoms with Crippen molar-refractivity contribution in [1.29, 1.82) is 0 Å². The van der Waals surface area contributed by atoms with E-state index in [9.17, 15) is 20.1 Å². The van der Waals surface area contributed by atoms with Gasteiger partial charge in [0.2, 0.25) is 0 Å². The van der Waals surface area contributed by atoms with E-state index in [0.717, 1.165) is 12.1 Å². The molecule has 0 aromatic heterocycles. The van der Waals surface area contributed by atoms with Crippen LogP contribution in [0.1, 0.15) is 28.8 Å². The number of benzene rings is 1. The van der Waals surface area contributed by atoms with Crippen LogP contribution in [-0.2, 0) is 5.60 Å². The molecule has 1 fully saturated rings. The first-order valence-corrected chi connectivity index (χ1v) is 4.46. The average Bonchev–Trinajstić information content (AvgIpc) is 2.83. The van der Waals surface area contributed by atoms with Crippen LogP contribution in [0.4, 0.5) is 0 Å². The topological polar surface area (TPSA) is 98.0 Å². The van der Waals surface area contributed by atoms with E-state index >= 15 is 0 Å². The molecular weight excluding hydrogens is 200 g/mol. The molecule has 0 amide bonds. The maximum atomic E-state index is 10.7. The summed E-state index contributed by atoms with van der Waals surface area (Å²) in [6.07, 6.45) is 0.981. The third-order valence-electron chi connectivity index (χ3n) is 2.57. The van der Waals surface area contributed by atoms with Crippen molar-refractivity contribution in [3.05, 3.63) is 23.3 Å². The lowest BCUT2D eigenvalue weighted by molar-refractivity contribution is 0.0693. The minimum atomic E-state index is -1.29. The van der Waals surface area contributed by atoms with E-state index in [1.807, 2.05) is 0 Å². The van der Waals surface area contributed by atoms with Crippen molar-refractivity contribution >= 4 is 5.97 Å². The fraction of sp³-hybridized carbons (Fsp3) is 0.300. The summed E-state index contributed by atoms with van der Waals surface area (Å²) in [6.45, 7) is 0. The van der Waals surface area contributed by atoms with Crippen LogP contribution in [-0.4, -0.2) is 26.4 Å². The Balaban J connectivity index is 2.56. The molecule has 80 valence electrons. The van der Waals surface area contributed by atoms with E-state index in [2.05, 4.69) is 0 Å². The Morgan fingerprint density at radius 2 is 1.80 bits per heavy atom. The molecule has 0 spiro atoms. The van der Waals surface area contributed by atoms with Gasteiger partial charge in [0, 0.05) is 11.6 Å². The first-order chi connectivity index (χ1) is 6.94. The van der Waals surface area contributed by atoms with Crippen LogP contribution in [0.2, 0.25) is 0 Å². The Kier molecular flexibility index (Phi) is 1.87. The van der Waals surface area contributed by atoms with Crippen molar-refractivity contribution in [3.63, 3.8) is 0 Å². The van der Waals surface area contributed by atoms with E-state index < -0.39 is 17.3 Å². The van der Waals surface area contributed by atoms with Gasteiger partial charge in [0.1, 0.15) is 17.1 Å². The molecule has 0 bridgehead atoms. The summed E-state index contributed by atoms with van der Waals surface area (Å²) in [4.78, 5) is 10.7. The van der Waals surface area contributed by atoms with Crippen LogP contribution in [0.5, 0.6) is 11.5 Å². The lowest BCUT2D eigenvalue weighted by atomic mass is 10.0. The maximum Gasteiger partial charge on any atom is 0.339 e. The number of carbonyl (C=O) groups is 1. The number of phenols is 2. The van der Waals surface area contributed by atoms with Gasteiger partial charge in [-0.25, -0.2) is 4.79 Å². The average molecular weight is 210 g/mol. The van der Waals surface area contributed by atoms with Gasteiger partial charge >= 0.3 is 5.97 Å². The Bertz CT molecular complexity index is 434. The summed E-state index contributed by atoms with van der Waals surface area (Å²) in [6, 6.07) is 2.05. The lowest BCUT2D eigenvalue weighted by Gasteiger charge is -2.12. The smallest absolute Gasteiger partial charge is 0.339 e. The van der Waals surface area contributed by atoms with Gasteiger partial charge in [0.05, 0.1) is 5.60 Å². The molecule has 1 saturated carbocycles. The summed E-state index contributed by atoms with van der Waals surface area (Å²) in [5, 5.41) is 37.2. The van der Waals surface area contributed by atoms with E-state index in [1.54, 1.807) is 0 Å². The SMILES string of the molecule is O=C(O)c1cc(C2(O)CC2)c(O)cc1O. The van der Waals surface area contributed by atoms with E-state index in [1.165, 1.54) is 0 Å². The first kappa shape index (κ1) is 9.79. The highest BCUT2D eigenvalue weighted by atomic mass is 16.4. The zero-order valence-electron chi connectivity index (χ0n) is 7.77. The number of carboxylic acid groups (broad SMARTS) is 1. The monoisotopic (exact) mass is 210 g/mol. The highest BCUT2D eigenvalue weighted by Crippen LogP contribution is 2.49. The summed E-state index contributed by atoms with van der Waals surface area (Å²) >= 11 is 0. The molecule has 0 heterocycles. The Labute approximate surface area is 85.2 Å². The van der Waals surface area contributed by atoms with Gasteiger partial charge in [-0.3, -0.25) is 0 Å². The summed E-state index contributed by atoms with van der Waals surface area (Å²) < 4.78 is 0. The van der Waals surface area contributed by atoms with Crippen LogP contribution in [0, 0.1) is 0 Å². The molecule has 5 heteroatoms. The van der Waals surface area contributed by atoms with Gasteiger partial charge in [-0.15, -0.1) is 0 Å². The minimum absolute atomic E-state index is 0.165. The van der Waals surface area contributed by atoms with Crippen molar-refractivity contribution in [2.75, 3.05) is 0 Å². The molecule has 1 aliphatic rings. The Morgan fingerprint density at radius 1 is 1.20 bits per heavy atom. The maximum absolute atomic E-state index is 10.7. The molecule has 2 rings (SSSR count). The molecular formula is C10H10O5. The number of carboxylic acids is 1. The standard InChI is InChI=1S/C10H10O5/c11-7-4-8(12)6(10(15)1-2-10)3-5(7)9(13)14/h3-4,11-12,15H,1-2H2,(H,13,14). The largest absolute Gasteiger partial charge is 0.507 e. The van der Waals surface area contributed by atoms with Crippen LogP contribution in [0.3, 0.4) is 0 Å². The van der Waals surface area contributed by atoms with Gasteiger partial charge in [-0.1, -0.05) is 0 Å². The molecule has 0 unspecified atom stereocenters. The fourth-order valence-electron chi connectivity index (χ4n) is 1.51.